The summed E-state index contributed by atoms with van der Waals surface area (Å²) in [4.78, 5) is 1.48. The molecule has 0 fully saturated rings. The van der Waals surface area contributed by atoms with Gasteiger partial charge >= 0.3 is 5.69 Å². The van der Waals surface area contributed by atoms with E-state index in [1.54, 1.807) is 0 Å². The lowest BCUT2D eigenvalue weighted by Crippen LogP contribution is -2.04. The van der Waals surface area contributed by atoms with E-state index in [0.717, 1.165) is 12.1 Å². The Kier molecular flexibility index (Phi) is 3.23. The van der Waals surface area contributed by atoms with Gasteiger partial charge in [-0.3, -0.25) is 9.11 Å². The number of benzene rings is 2. The SMILES string of the molecule is N#[N+]c1ccc2cc(S(=O)(=O)O)cc(S(=O)(=O)O)c2c1. The lowest BCUT2D eigenvalue weighted by atomic mass is 10.1. The number of diazo groups is 1. The highest BCUT2D eigenvalue weighted by Gasteiger charge is 2.21. The molecule has 0 unspecified atom stereocenters. The van der Waals surface area contributed by atoms with E-state index < -0.39 is 30.0 Å². The molecule has 0 aliphatic heterocycles. The highest BCUT2D eigenvalue weighted by molar-refractivity contribution is 7.86. The van der Waals surface area contributed by atoms with Crippen molar-refractivity contribution in [2.24, 2.45) is 0 Å². The fourth-order valence-electron chi connectivity index (χ4n) is 1.71. The van der Waals surface area contributed by atoms with Crippen LogP contribution in [0, 0.1) is 5.39 Å². The lowest BCUT2D eigenvalue weighted by molar-refractivity contribution is 0.482. The van der Waals surface area contributed by atoms with Crippen molar-refractivity contribution in [2.75, 3.05) is 0 Å². The van der Waals surface area contributed by atoms with Gasteiger partial charge in [-0.15, -0.1) is 0 Å². The molecule has 20 heavy (non-hydrogen) atoms. The van der Waals surface area contributed by atoms with Crippen molar-refractivity contribution in [1.82, 2.24) is 0 Å². The zero-order valence-corrected chi connectivity index (χ0v) is 11.3. The summed E-state index contributed by atoms with van der Waals surface area (Å²) in [6, 6.07) is 5.37. The highest BCUT2D eigenvalue weighted by atomic mass is 32.2. The molecule has 0 aliphatic rings. The maximum atomic E-state index is 11.3. The van der Waals surface area contributed by atoms with Crippen LogP contribution in [0.4, 0.5) is 5.69 Å². The molecule has 2 aromatic rings. The van der Waals surface area contributed by atoms with E-state index in [9.17, 15) is 16.8 Å². The van der Waals surface area contributed by atoms with Gasteiger partial charge in [0.15, 0.2) is 4.98 Å². The molecule has 0 bridgehead atoms. The predicted molar refractivity (Wildman–Crippen MR) is 68.3 cm³/mol. The molecule has 0 aliphatic carbocycles. The summed E-state index contributed by atoms with van der Waals surface area (Å²) in [6.45, 7) is 0. The van der Waals surface area contributed by atoms with Crippen LogP contribution in [0.5, 0.6) is 0 Å². The Balaban J connectivity index is 3.02. The smallest absolute Gasteiger partial charge is 0.282 e. The van der Waals surface area contributed by atoms with Gasteiger partial charge in [-0.05, 0) is 23.6 Å². The molecule has 2 N–H and O–H groups in total. The standard InChI is InChI=1S/C10H6N2O6S2/c11-12-7-2-1-6-3-8(19(13,14)15)5-10(9(6)4-7)20(16,17)18/h1-5H,(H-,13,14,15,16,17,18)/p+1. The third-order valence-electron chi connectivity index (χ3n) is 2.56. The topological polar surface area (TPSA) is 137 Å². The van der Waals surface area contributed by atoms with Crippen LogP contribution in [0.3, 0.4) is 0 Å². The van der Waals surface area contributed by atoms with Gasteiger partial charge in [-0.1, -0.05) is 0 Å². The third kappa shape index (κ3) is 2.61. The Morgan fingerprint density at radius 1 is 0.950 bits per heavy atom. The fraction of sp³-hybridized carbons (Fsp3) is 0. The molecule has 10 heteroatoms. The predicted octanol–water partition coefficient (Wildman–Crippen LogP) is 1.82. The van der Waals surface area contributed by atoms with Gasteiger partial charge in [0.05, 0.1) is 4.90 Å². The molecule has 2 aromatic carbocycles. The number of hydrogen-bond acceptors (Lipinski definition) is 5. The monoisotopic (exact) mass is 315 g/mol. The number of hydrogen-bond donors (Lipinski definition) is 2. The van der Waals surface area contributed by atoms with Crippen molar-refractivity contribution in [3.05, 3.63) is 35.3 Å². The van der Waals surface area contributed by atoms with Crippen LogP contribution >= 0.6 is 0 Å². The Hall–Kier alpha value is -2.06. The van der Waals surface area contributed by atoms with E-state index in [2.05, 4.69) is 4.98 Å². The van der Waals surface area contributed by atoms with Crippen LogP contribution in [0.1, 0.15) is 0 Å². The van der Waals surface area contributed by atoms with E-state index in [1.807, 2.05) is 0 Å². The molecule has 104 valence electrons. The van der Waals surface area contributed by atoms with Crippen LogP contribution in [0.15, 0.2) is 40.1 Å². The second-order valence-electron chi connectivity index (χ2n) is 3.88. The summed E-state index contributed by atoms with van der Waals surface area (Å²) in [6.07, 6.45) is 0. The van der Waals surface area contributed by atoms with Gasteiger partial charge in [0.25, 0.3) is 20.2 Å². The van der Waals surface area contributed by atoms with E-state index in [-0.39, 0.29) is 16.5 Å². The third-order valence-corrected chi connectivity index (χ3v) is 4.29. The average Bonchev–Trinajstić information content (AvgIpc) is 2.34. The van der Waals surface area contributed by atoms with Gasteiger partial charge in [0.1, 0.15) is 4.90 Å². The van der Waals surface area contributed by atoms with E-state index in [1.165, 1.54) is 12.1 Å². The average molecular weight is 315 g/mol. The zero-order valence-electron chi connectivity index (χ0n) is 9.63. The Labute approximate surface area is 113 Å². The van der Waals surface area contributed by atoms with Crippen LogP contribution in [0.2, 0.25) is 0 Å². The molecule has 0 amide bonds. The highest BCUT2D eigenvalue weighted by Crippen LogP contribution is 2.30. The van der Waals surface area contributed by atoms with Gasteiger partial charge < -0.3 is 0 Å². The number of fused-ring (bicyclic) bond motifs is 1. The Bertz CT molecular complexity index is 957. The summed E-state index contributed by atoms with van der Waals surface area (Å²) >= 11 is 0. The minimum Gasteiger partial charge on any atom is -0.282 e. The van der Waals surface area contributed by atoms with Crippen molar-refractivity contribution in [3.63, 3.8) is 0 Å². The van der Waals surface area contributed by atoms with Gasteiger partial charge in [-0.25, -0.2) is 0 Å². The molecule has 0 spiro atoms. The van der Waals surface area contributed by atoms with Crippen LogP contribution < -0.4 is 0 Å². The second-order valence-corrected chi connectivity index (χ2v) is 6.69. The number of rotatable bonds is 2. The van der Waals surface area contributed by atoms with Gasteiger partial charge in [0.2, 0.25) is 5.39 Å². The van der Waals surface area contributed by atoms with E-state index >= 15 is 0 Å². The summed E-state index contributed by atoms with van der Waals surface area (Å²) in [5.41, 5.74) is 0.0157. The summed E-state index contributed by atoms with van der Waals surface area (Å²) < 4.78 is 62.9. The van der Waals surface area contributed by atoms with Crippen LogP contribution in [-0.2, 0) is 20.2 Å². The molecule has 0 aromatic heterocycles. The largest absolute Gasteiger partial charge is 0.385 e. The summed E-state index contributed by atoms with van der Waals surface area (Å²) in [5.74, 6) is 0. The van der Waals surface area contributed by atoms with Crippen molar-refractivity contribution >= 4 is 36.7 Å². The minimum atomic E-state index is -4.74. The second kappa shape index (κ2) is 4.50. The fourth-order valence-corrected chi connectivity index (χ4v) is 3.06. The van der Waals surface area contributed by atoms with Crippen molar-refractivity contribution in [3.8, 4) is 0 Å². The minimum absolute atomic E-state index is 0.0157. The zero-order chi connectivity index (χ0) is 15.1. The van der Waals surface area contributed by atoms with Crippen molar-refractivity contribution in [2.45, 2.75) is 9.79 Å². The van der Waals surface area contributed by atoms with E-state index in [0.29, 0.717) is 6.07 Å². The first kappa shape index (κ1) is 14.4. The first-order chi connectivity index (χ1) is 9.13. The molecule has 0 saturated heterocycles. The first-order valence-electron chi connectivity index (χ1n) is 5.01. The Morgan fingerprint density at radius 3 is 2.10 bits per heavy atom. The molecule has 0 saturated carbocycles. The molecule has 0 radical (unpaired) electrons. The normalized spacial score (nSPS) is 12.2. The molecule has 8 nitrogen and oxygen atoms in total. The molecule has 2 rings (SSSR count). The maximum Gasteiger partial charge on any atom is 0.385 e. The van der Waals surface area contributed by atoms with Crippen LogP contribution in [0.25, 0.3) is 15.7 Å². The molecular weight excluding hydrogens is 308 g/mol. The quantitative estimate of drug-likeness (QED) is 0.636. The first-order valence-corrected chi connectivity index (χ1v) is 7.89. The summed E-state index contributed by atoms with van der Waals surface area (Å²) in [7, 11) is -9.38. The van der Waals surface area contributed by atoms with Crippen molar-refractivity contribution in [1.29, 1.82) is 5.39 Å². The summed E-state index contributed by atoms with van der Waals surface area (Å²) in [5, 5.41) is 8.73. The molecule has 0 heterocycles. The maximum absolute atomic E-state index is 11.3. The van der Waals surface area contributed by atoms with Gasteiger partial charge in [-0.2, -0.15) is 16.8 Å². The number of nitrogens with zero attached hydrogens (tertiary/aromatic N) is 2. The molecular formula is C10H7N2O6S2+. The lowest BCUT2D eigenvalue weighted by Gasteiger charge is -2.05. The van der Waals surface area contributed by atoms with E-state index in [4.69, 9.17) is 14.5 Å². The molecule has 0 atom stereocenters. The van der Waals surface area contributed by atoms with Crippen LogP contribution in [-0.4, -0.2) is 25.9 Å². The van der Waals surface area contributed by atoms with Gasteiger partial charge in [0, 0.05) is 17.5 Å². The van der Waals surface area contributed by atoms with Crippen molar-refractivity contribution < 1.29 is 25.9 Å². The Morgan fingerprint density at radius 2 is 1.60 bits per heavy atom.